The van der Waals surface area contributed by atoms with E-state index in [1.165, 1.54) is 0 Å². The molecule has 0 aromatic heterocycles. The smallest absolute Gasteiger partial charge is 0.328 e. The average Bonchev–Trinajstić information content (AvgIpc) is 2.14. The summed E-state index contributed by atoms with van der Waals surface area (Å²) in [5.41, 5.74) is -0.792. The third kappa shape index (κ3) is 4.26. The van der Waals surface area contributed by atoms with Crippen LogP contribution in [0.3, 0.4) is 0 Å². The van der Waals surface area contributed by atoms with Gasteiger partial charge >= 0.3 is 5.97 Å². The van der Waals surface area contributed by atoms with Crippen molar-refractivity contribution in [3.05, 3.63) is 0 Å². The predicted octanol–water partition coefficient (Wildman–Crippen LogP) is 0.722. The molecule has 5 nitrogen and oxygen atoms in total. The van der Waals surface area contributed by atoms with E-state index >= 15 is 0 Å². The summed E-state index contributed by atoms with van der Waals surface area (Å²) < 4.78 is 15.7. The largest absolute Gasteiger partial charge is 0.465 e. The average molecular weight is 245 g/mol. The maximum Gasteiger partial charge on any atom is 0.328 e. The van der Waals surface area contributed by atoms with Gasteiger partial charge in [-0.2, -0.15) is 0 Å². The van der Waals surface area contributed by atoms with Gasteiger partial charge in [0.25, 0.3) is 0 Å². The van der Waals surface area contributed by atoms with Gasteiger partial charge < -0.3 is 14.2 Å². The maximum absolute atomic E-state index is 11.9. The van der Waals surface area contributed by atoms with E-state index in [4.69, 9.17) is 14.2 Å². The summed E-state index contributed by atoms with van der Waals surface area (Å²) in [5.74, 6) is -0.269. The van der Waals surface area contributed by atoms with Gasteiger partial charge in [0, 0.05) is 6.04 Å². The molecule has 0 bridgehead atoms. The molecule has 100 valence electrons. The van der Waals surface area contributed by atoms with Gasteiger partial charge in [-0.3, -0.25) is 5.32 Å². The Kier molecular flexibility index (Phi) is 5.36. The molecule has 0 aromatic rings. The standard InChI is InChI=1S/C12H23NO4/c1-5-16-11(14)12(4,13-9(2)3)8-17-10-6-15-7-10/h9-10,13H,5-8H2,1-4H3. The topological polar surface area (TPSA) is 56.8 Å². The van der Waals surface area contributed by atoms with Crippen molar-refractivity contribution in [2.45, 2.75) is 45.4 Å². The molecule has 17 heavy (non-hydrogen) atoms. The predicted molar refractivity (Wildman–Crippen MR) is 63.9 cm³/mol. The Morgan fingerprint density at radius 2 is 2.18 bits per heavy atom. The van der Waals surface area contributed by atoms with Gasteiger partial charge in [-0.25, -0.2) is 4.79 Å². The lowest BCUT2D eigenvalue weighted by Crippen LogP contribution is -2.57. The number of nitrogens with one attached hydrogen (secondary N) is 1. The van der Waals surface area contributed by atoms with E-state index in [-0.39, 0.29) is 18.1 Å². The summed E-state index contributed by atoms with van der Waals surface area (Å²) in [6, 6.07) is 0.186. The molecule has 1 fully saturated rings. The summed E-state index contributed by atoms with van der Waals surface area (Å²) in [6.07, 6.45) is 0.109. The first-order valence-electron chi connectivity index (χ1n) is 6.12. The Hall–Kier alpha value is -0.650. The van der Waals surface area contributed by atoms with E-state index in [9.17, 15) is 4.79 Å². The molecule has 1 aliphatic heterocycles. The van der Waals surface area contributed by atoms with E-state index < -0.39 is 5.54 Å². The Bertz CT molecular complexity index is 253. The van der Waals surface area contributed by atoms with Crippen molar-refractivity contribution >= 4 is 5.97 Å². The second-order valence-corrected chi connectivity index (χ2v) is 4.82. The molecule has 5 heteroatoms. The van der Waals surface area contributed by atoms with Crippen LogP contribution in [0.4, 0.5) is 0 Å². The number of hydrogen-bond acceptors (Lipinski definition) is 5. The minimum Gasteiger partial charge on any atom is -0.465 e. The van der Waals surface area contributed by atoms with Crippen molar-refractivity contribution in [2.24, 2.45) is 0 Å². The molecule has 0 amide bonds. The second kappa shape index (κ2) is 6.33. The van der Waals surface area contributed by atoms with E-state index in [0.29, 0.717) is 26.4 Å². The maximum atomic E-state index is 11.9. The van der Waals surface area contributed by atoms with Gasteiger partial charge in [-0.15, -0.1) is 0 Å². The zero-order valence-electron chi connectivity index (χ0n) is 11.1. The monoisotopic (exact) mass is 245 g/mol. The van der Waals surface area contributed by atoms with Crippen LogP contribution in [-0.4, -0.2) is 50.1 Å². The molecule has 0 spiro atoms. The van der Waals surface area contributed by atoms with Crippen molar-refractivity contribution < 1.29 is 19.0 Å². The van der Waals surface area contributed by atoms with Gasteiger partial charge in [0.1, 0.15) is 11.6 Å². The second-order valence-electron chi connectivity index (χ2n) is 4.82. The Morgan fingerprint density at radius 3 is 2.59 bits per heavy atom. The van der Waals surface area contributed by atoms with Gasteiger partial charge in [-0.1, -0.05) is 0 Å². The molecule has 1 saturated heterocycles. The molecule has 1 unspecified atom stereocenters. The summed E-state index contributed by atoms with van der Waals surface area (Å²) >= 11 is 0. The van der Waals surface area contributed by atoms with Gasteiger partial charge in [0.15, 0.2) is 0 Å². The third-order valence-corrected chi connectivity index (χ3v) is 2.55. The summed E-state index contributed by atoms with van der Waals surface area (Å²) in [4.78, 5) is 11.9. The Balaban J connectivity index is 2.52. The van der Waals surface area contributed by atoms with Crippen LogP contribution in [-0.2, 0) is 19.0 Å². The zero-order chi connectivity index (χ0) is 12.9. The van der Waals surface area contributed by atoms with Gasteiger partial charge in [-0.05, 0) is 27.7 Å². The highest BCUT2D eigenvalue weighted by Gasteiger charge is 2.37. The lowest BCUT2D eigenvalue weighted by Gasteiger charge is -2.34. The molecule has 1 atom stereocenters. The highest BCUT2D eigenvalue weighted by molar-refractivity contribution is 5.80. The van der Waals surface area contributed by atoms with Crippen LogP contribution in [0.5, 0.6) is 0 Å². The van der Waals surface area contributed by atoms with Gasteiger partial charge in [0.05, 0.1) is 26.4 Å². The summed E-state index contributed by atoms with van der Waals surface area (Å²) in [6.45, 7) is 9.49. The van der Waals surface area contributed by atoms with Crippen molar-refractivity contribution in [2.75, 3.05) is 26.4 Å². The Morgan fingerprint density at radius 1 is 1.53 bits per heavy atom. The van der Waals surface area contributed by atoms with Crippen LogP contribution in [0.2, 0.25) is 0 Å². The normalized spacial score (nSPS) is 19.8. The molecule has 0 aromatic carbocycles. The SMILES string of the molecule is CCOC(=O)C(C)(COC1COC1)NC(C)C. The number of esters is 1. The number of ether oxygens (including phenoxy) is 3. The van der Waals surface area contributed by atoms with Crippen LogP contribution in [0, 0.1) is 0 Å². The van der Waals surface area contributed by atoms with E-state index in [1.807, 2.05) is 20.8 Å². The summed E-state index contributed by atoms with van der Waals surface area (Å²) in [7, 11) is 0. The minimum absolute atomic E-state index is 0.109. The fourth-order valence-corrected chi connectivity index (χ4v) is 1.68. The molecule has 0 saturated carbocycles. The Labute approximate surface area is 103 Å². The van der Waals surface area contributed by atoms with Crippen LogP contribution < -0.4 is 5.32 Å². The fourth-order valence-electron chi connectivity index (χ4n) is 1.68. The van der Waals surface area contributed by atoms with Crippen molar-refractivity contribution in [3.8, 4) is 0 Å². The number of hydrogen-bond donors (Lipinski definition) is 1. The molecule has 1 rings (SSSR count). The zero-order valence-corrected chi connectivity index (χ0v) is 11.1. The quantitative estimate of drug-likeness (QED) is 0.670. The first kappa shape index (κ1) is 14.4. The highest BCUT2D eigenvalue weighted by Crippen LogP contribution is 2.13. The number of rotatable bonds is 7. The van der Waals surface area contributed by atoms with Crippen molar-refractivity contribution in [3.63, 3.8) is 0 Å². The van der Waals surface area contributed by atoms with Gasteiger partial charge in [0.2, 0.25) is 0 Å². The minimum atomic E-state index is -0.792. The number of carbonyl (C=O) groups excluding carboxylic acids is 1. The van der Waals surface area contributed by atoms with Crippen LogP contribution in [0.15, 0.2) is 0 Å². The van der Waals surface area contributed by atoms with Crippen LogP contribution in [0.25, 0.3) is 0 Å². The first-order chi connectivity index (χ1) is 7.98. The molecule has 1 heterocycles. The molecule has 1 N–H and O–H groups in total. The molecular weight excluding hydrogens is 222 g/mol. The fraction of sp³-hybridized carbons (Fsp3) is 0.917. The first-order valence-corrected chi connectivity index (χ1v) is 6.12. The third-order valence-electron chi connectivity index (χ3n) is 2.55. The molecular formula is C12H23NO4. The van der Waals surface area contributed by atoms with Crippen LogP contribution >= 0.6 is 0 Å². The highest BCUT2D eigenvalue weighted by atomic mass is 16.6. The van der Waals surface area contributed by atoms with Crippen molar-refractivity contribution in [1.82, 2.24) is 5.32 Å². The summed E-state index contributed by atoms with van der Waals surface area (Å²) in [5, 5.41) is 3.20. The lowest BCUT2D eigenvalue weighted by molar-refractivity contribution is -0.165. The molecule has 1 aliphatic rings. The number of carbonyl (C=O) groups is 1. The van der Waals surface area contributed by atoms with E-state index in [1.54, 1.807) is 6.92 Å². The molecule has 0 radical (unpaired) electrons. The molecule has 0 aliphatic carbocycles. The van der Waals surface area contributed by atoms with Crippen LogP contribution in [0.1, 0.15) is 27.7 Å². The van der Waals surface area contributed by atoms with E-state index in [0.717, 1.165) is 0 Å². The van der Waals surface area contributed by atoms with E-state index in [2.05, 4.69) is 5.32 Å². The van der Waals surface area contributed by atoms with Crippen molar-refractivity contribution in [1.29, 1.82) is 0 Å². The lowest BCUT2D eigenvalue weighted by atomic mass is 10.0.